The summed E-state index contributed by atoms with van der Waals surface area (Å²) in [5, 5.41) is 1.05. The first-order valence-corrected chi connectivity index (χ1v) is 6.10. The van der Waals surface area contributed by atoms with Crippen LogP contribution in [0.15, 0.2) is 60.8 Å². The van der Waals surface area contributed by atoms with Crippen LogP contribution in [0.3, 0.4) is 0 Å². The zero-order valence-electron chi connectivity index (χ0n) is 10.3. The lowest BCUT2D eigenvalue weighted by Crippen LogP contribution is -2.12. The van der Waals surface area contributed by atoms with Crippen LogP contribution in [0.5, 0.6) is 0 Å². The molecular formula is C16H13FN2. The van der Waals surface area contributed by atoms with Crippen molar-refractivity contribution in [2.24, 2.45) is 5.73 Å². The molecule has 0 fully saturated rings. The highest BCUT2D eigenvalue weighted by molar-refractivity contribution is 5.82. The molecule has 2 nitrogen and oxygen atoms in total. The van der Waals surface area contributed by atoms with Crippen molar-refractivity contribution in [2.45, 2.75) is 6.04 Å². The summed E-state index contributed by atoms with van der Waals surface area (Å²) in [5.41, 5.74) is 8.98. The van der Waals surface area contributed by atoms with E-state index < -0.39 is 0 Å². The minimum absolute atomic E-state index is 0.257. The number of benzene rings is 2. The molecule has 2 N–H and O–H groups in total. The highest BCUT2D eigenvalue weighted by atomic mass is 19.1. The minimum Gasteiger partial charge on any atom is -0.320 e. The number of rotatable bonds is 2. The second kappa shape index (κ2) is 4.78. The van der Waals surface area contributed by atoms with Crippen LogP contribution in [0.25, 0.3) is 10.9 Å². The summed E-state index contributed by atoms with van der Waals surface area (Å²) in [6.45, 7) is 0. The van der Waals surface area contributed by atoms with Gasteiger partial charge in [0.1, 0.15) is 5.82 Å². The Morgan fingerprint density at radius 2 is 1.68 bits per heavy atom. The molecule has 1 aromatic heterocycles. The maximum atomic E-state index is 13.0. The molecule has 19 heavy (non-hydrogen) atoms. The molecule has 0 radical (unpaired) electrons. The Kier molecular flexibility index (Phi) is 2.97. The molecule has 0 spiro atoms. The molecule has 2 aromatic carbocycles. The molecule has 3 aromatic rings. The molecule has 1 heterocycles. The second-order valence-corrected chi connectivity index (χ2v) is 4.45. The molecule has 94 valence electrons. The number of nitrogens with two attached hydrogens (primary N) is 1. The molecule has 0 saturated heterocycles. The number of nitrogens with zero attached hydrogens (tertiary/aromatic N) is 1. The van der Waals surface area contributed by atoms with Gasteiger partial charge in [0.2, 0.25) is 0 Å². The van der Waals surface area contributed by atoms with Gasteiger partial charge in [-0.1, -0.05) is 36.4 Å². The van der Waals surface area contributed by atoms with E-state index in [1.807, 2.05) is 30.3 Å². The fraction of sp³-hybridized carbons (Fsp3) is 0.0625. The van der Waals surface area contributed by atoms with Crippen molar-refractivity contribution in [1.29, 1.82) is 0 Å². The second-order valence-electron chi connectivity index (χ2n) is 4.45. The molecular weight excluding hydrogens is 239 g/mol. The van der Waals surface area contributed by atoms with Gasteiger partial charge in [0.05, 0.1) is 11.6 Å². The fourth-order valence-corrected chi connectivity index (χ4v) is 2.23. The summed E-state index contributed by atoms with van der Waals surface area (Å²) >= 11 is 0. The van der Waals surface area contributed by atoms with E-state index in [1.165, 1.54) is 12.1 Å². The van der Waals surface area contributed by atoms with Crippen LogP contribution in [0.2, 0.25) is 0 Å². The normalized spacial score (nSPS) is 12.5. The SMILES string of the molecule is NC(c1ccc(F)cc1)c1cccc2cccnc12. The third kappa shape index (κ3) is 2.20. The van der Waals surface area contributed by atoms with Gasteiger partial charge >= 0.3 is 0 Å². The summed E-state index contributed by atoms with van der Waals surface area (Å²) in [4.78, 5) is 4.39. The van der Waals surface area contributed by atoms with Crippen LogP contribution >= 0.6 is 0 Å². The predicted molar refractivity (Wildman–Crippen MR) is 74.2 cm³/mol. The summed E-state index contributed by atoms with van der Waals surface area (Å²) < 4.78 is 13.0. The van der Waals surface area contributed by atoms with E-state index in [-0.39, 0.29) is 11.9 Å². The smallest absolute Gasteiger partial charge is 0.123 e. The van der Waals surface area contributed by atoms with Gasteiger partial charge in [-0.2, -0.15) is 0 Å². The molecule has 3 heteroatoms. The molecule has 0 aliphatic heterocycles. The van der Waals surface area contributed by atoms with Gasteiger partial charge in [0.15, 0.2) is 0 Å². The molecule has 3 rings (SSSR count). The number of hydrogen-bond acceptors (Lipinski definition) is 2. The monoisotopic (exact) mass is 252 g/mol. The summed E-state index contributed by atoms with van der Waals surface area (Å²) in [5.74, 6) is -0.257. The van der Waals surface area contributed by atoms with E-state index in [1.54, 1.807) is 18.3 Å². The highest BCUT2D eigenvalue weighted by Gasteiger charge is 2.12. The molecule has 0 aliphatic rings. The van der Waals surface area contributed by atoms with Gasteiger partial charge in [0, 0.05) is 11.6 Å². The largest absolute Gasteiger partial charge is 0.320 e. The summed E-state index contributed by atoms with van der Waals surface area (Å²) in [6, 6.07) is 15.8. The standard InChI is InChI=1S/C16H13FN2/c17-13-8-6-11(7-9-13)15(18)14-5-1-3-12-4-2-10-19-16(12)14/h1-10,15H,18H2. The van der Waals surface area contributed by atoms with Crippen molar-refractivity contribution in [3.63, 3.8) is 0 Å². The first kappa shape index (κ1) is 11.8. The van der Waals surface area contributed by atoms with Crippen LogP contribution in [0.1, 0.15) is 17.2 Å². The van der Waals surface area contributed by atoms with Crippen molar-refractivity contribution in [1.82, 2.24) is 4.98 Å². The van der Waals surface area contributed by atoms with Gasteiger partial charge in [0.25, 0.3) is 0 Å². The van der Waals surface area contributed by atoms with Gasteiger partial charge in [-0.15, -0.1) is 0 Å². The fourth-order valence-electron chi connectivity index (χ4n) is 2.23. The number of halogens is 1. The maximum Gasteiger partial charge on any atom is 0.123 e. The van der Waals surface area contributed by atoms with Gasteiger partial charge in [-0.25, -0.2) is 4.39 Å². The van der Waals surface area contributed by atoms with Crippen LogP contribution in [-0.4, -0.2) is 4.98 Å². The van der Waals surface area contributed by atoms with Crippen molar-refractivity contribution in [3.05, 3.63) is 77.7 Å². The van der Waals surface area contributed by atoms with E-state index in [9.17, 15) is 4.39 Å². The van der Waals surface area contributed by atoms with E-state index in [0.717, 1.165) is 22.0 Å². The Morgan fingerprint density at radius 1 is 0.947 bits per heavy atom. The van der Waals surface area contributed by atoms with Crippen molar-refractivity contribution >= 4 is 10.9 Å². The van der Waals surface area contributed by atoms with Crippen molar-refractivity contribution < 1.29 is 4.39 Å². The average molecular weight is 252 g/mol. The van der Waals surface area contributed by atoms with Crippen LogP contribution in [-0.2, 0) is 0 Å². The lowest BCUT2D eigenvalue weighted by Gasteiger charge is -2.14. The van der Waals surface area contributed by atoms with E-state index in [0.29, 0.717) is 0 Å². The number of aromatic nitrogens is 1. The molecule has 0 saturated carbocycles. The predicted octanol–water partition coefficient (Wildman–Crippen LogP) is 3.42. The van der Waals surface area contributed by atoms with Gasteiger partial charge in [-0.05, 0) is 29.3 Å². The van der Waals surface area contributed by atoms with Crippen LogP contribution in [0.4, 0.5) is 4.39 Å². The number of para-hydroxylation sites is 1. The Bertz CT molecular complexity index is 702. The Labute approximate surface area is 110 Å². The minimum atomic E-state index is -0.306. The number of hydrogen-bond donors (Lipinski definition) is 1. The summed E-state index contributed by atoms with van der Waals surface area (Å²) in [7, 11) is 0. The lowest BCUT2D eigenvalue weighted by atomic mass is 9.97. The molecule has 0 aliphatic carbocycles. The Hall–Kier alpha value is -2.26. The van der Waals surface area contributed by atoms with Crippen LogP contribution in [0, 0.1) is 5.82 Å². The van der Waals surface area contributed by atoms with Crippen molar-refractivity contribution in [3.8, 4) is 0 Å². The van der Waals surface area contributed by atoms with E-state index in [2.05, 4.69) is 4.98 Å². The van der Waals surface area contributed by atoms with E-state index in [4.69, 9.17) is 5.73 Å². The quantitative estimate of drug-likeness (QED) is 0.759. The number of pyridine rings is 1. The number of fused-ring (bicyclic) bond motifs is 1. The van der Waals surface area contributed by atoms with Gasteiger partial charge < -0.3 is 5.73 Å². The topological polar surface area (TPSA) is 38.9 Å². The first-order valence-electron chi connectivity index (χ1n) is 6.10. The Morgan fingerprint density at radius 3 is 2.47 bits per heavy atom. The molecule has 1 unspecified atom stereocenters. The molecule has 0 amide bonds. The molecule has 1 atom stereocenters. The Balaban J connectivity index is 2.11. The lowest BCUT2D eigenvalue weighted by molar-refractivity contribution is 0.626. The molecule has 0 bridgehead atoms. The zero-order chi connectivity index (χ0) is 13.2. The average Bonchev–Trinajstić information content (AvgIpc) is 2.47. The zero-order valence-corrected chi connectivity index (χ0v) is 10.3. The third-order valence-corrected chi connectivity index (χ3v) is 3.23. The third-order valence-electron chi connectivity index (χ3n) is 3.23. The maximum absolute atomic E-state index is 13.0. The van der Waals surface area contributed by atoms with E-state index >= 15 is 0 Å². The first-order chi connectivity index (χ1) is 9.25. The van der Waals surface area contributed by atoms with Crippen LogP contribution < -0.4 is 5.73 Å². The highest BCUT2D eigenvalue weighted by Crippen LogP contribution is 2.25. The summed E-state index contributed by atoms with van der Waals surface area (Å²) in [6.07, 6.45) is 1.75. The van der Waals surface area contributed by atoms with Crippen molar-refractivity contribution in [2.75, 3.05) is 0 Å². The van der Waals surface area contributed by atoms with Gasteiger partial charge in [-0.3, -0.25) is 4.98 Å².